The standard InChI is InChI=1S/C12H13F2N3O/c1-6(2)3-11-16-12(18-17-11)7-4-8(13)9(14)5-10(7)15/h4-6H,3,15H2,1-2H3. The molecule has 0 aliphatic heterocycles. The summed E-state index contributed by atoms with van der Waals surface area (Å²) in [5, 5.41) is 3.77. The van der Waals surface area contributed by atoms with E-state index in [1.807, 2.05) is 13.8 Å². The lowest BCUT2D eigenvalue weighted by molar-refractivity contribution is 0.417. The molecule has 2 N–H and O–H groups in total. The lowest BCUT2D eigenvalue weighted by Gasteiger charge is -2.01. The van der Waals surface area contributed by atoms with E-state index in [1.165, 1.54) is 0 Å². The van der Waals surface area contributed by atoms with Crippen LogP contribution in [-0.2, 0) is 6.42 Å². The van der Waals surface area contributed by atoms with Crippen molar-refractivity contribution in [1.29, 1.82) is 0 Å². The van der Waals surface area contributed by atoms with E-state index in [9.17, 15) is 8.78 Å². The van der Waals surface area contributed by atoms with E-state index in [-0.39, 0.29) is 17.1 Å². The third-order valence-corrected chi connectivity index (χ3v) is 2.38. The van der Waals surface area contributed by atoms with E-state index < -0.39 is 11.6 Å². The van der Waals surface area contributed by atoms with Crippen LogP contribution in [0.1, 0.15) is 19.7 Å². The molecule has 2 rings (SSSR count). The maximum atomic E-state index is 13.1. The molecule has 18 heavy (non-hydrogen) atoms. The largest absolute Gasteiger partial charge is 0.398 e. The van der Waals surface area contributed by atoms with Crippen LogP contribution in [0.15, 0.2) is 16.7 Å². The van der Waals surface area contributed by atoms with E-state index in [2.05, 4.69) is 10.1 Å². The van der Waals surface area contributed by atoms with Crippen molar-refractivity contribution in [2.45, 2.75) is 20.3 Å². The quantitative estimate of drug-likeness (QED) is 0.854. The third kappa shape index (κ3) is 2.47. The first-order valence-corrected chi connectivity index (χ1v) is 5.55. The monoisotopic (exact) mass is 253 g/mol. The predicted octanol–water partition coefficient (Wildman–Crippen LogP) is 2.80. The van der Waals surface area contributed by atoms with Gasteiger partial charge in [-0.25, -0.2) is 8.78 Å². The summed E-state index contributed by atoms with van der Waals surface area (Å²) in [4.78, 5) is 4.11. The summed E-state index contributed by atoms with van der Waals surface area (Å²) >= 11 is 0. The van der Waals surface area contributed by atoms with Gasteiger partial charge in [0.1, 0.15) is 0 Å². The van der Waals surface area contributed by atoms with E-state index in [0.717, 1.165) is 12.1 Å². The third-order valence-electron chi connectivity index (χ3n) is 2.38. The fraction of sp³-hybridized carbons (Fsp3) is 0.333. The van der Waals surface area contributed by atoms with Crippen molar-refractivity contribution in [3.8, 4) is 11.5 Å². The fourth-order valence-corrected chi connectivity index (χ4v) is 1.56. The minimum atomic E-state index is -1.00. The molecule has 0 aliphatic rings. The van der Waals surface area contributed by atoms with Gasteiger partial charge in [0.15, 0.2) is 17.5 Å². The van der Waals surface area contributed by atoms with Gasteiger partial charge in [-0.2, -0.15) is 4.98 Å². The van der Waals surface area contributed by atoms with Crippen molar-refractivity contribution in [1.82, 2.24) is 10.1 Å². The molecule has 0 atom stereocenters. The van der Waals surface area contributed by atoms with Gasteiger partial charge in [0.2, 0.25) is 0 Å². The van der Waals surface area contributed by atoms with E-state index in [0.29, 0.717) is 18.2 Å². The Morgan fingerprint density at radius 3 is 2.61 bits per heavy atom. The van der Waals surface area contributed by atoms with E-state index >= 15 is 0 Å². The lowest BCUT2D eigenvalue weighted by Crippen LogP contribution is -1.97. The molecule has 1 aromatic carbocycles. The summed E-state index contributed by atoms with van der Waals surface area (Å²) in [5.74, 6) is -1.01. The smallest absolute Gasteiger partial charge is 0.260 e. The van der Waals surface area contributed by atoms with Crippen molar-refractivity contribution in [3.05, 3.63) is 29.6 Å². The zero-order valence-corrected chi connectivity index (χ0v) is 10.1. The molecular formula is C12H13F2N3O. The number of aromatic nitrogens is 2. The summed E-state index contributed by atoms with van der Waals surface area (Å²) in [6.45, 7) is 4.03. The first-order chi connectivity index (χ1) is 8.47. The van der Waals surface area contributed by atoms with Crippen LogP contribution < -0.4 is 5.73 Å². The lowest BCUT2D eigenvalue weighted by atomic mass is 10.1. The first-order valence-electron chi connectivity index (χ1n) is 5.55. The van der Waals surface area contributed by atoms with Crippen LogP contribution >= 0.6 is 0 Å². The second-order valence-electron chi connectivity index (χ2n) is 4.47. The highest BCUT2D eigenvalue weighted by atomic mass is 19.2. The Balaban J connectivity index is 2.37. The van der Waals surface area contributed by atoms with Gasteiger partial charge in [0, 0.05) is 18.2 Å². The average Bonchev–Trinajstić information content (AvgIpc) is 2.70. The molecule has 0 fully saturated rings. The van der Waals surface area contributed by atoms with Gasteiger partial charge in [0.05, 0.1) is 5.56 Å². The number of hydrogen-bond acceptors (Lipinski definition) is 4. The molecule has 0 saturated heterocycles. The fourth-order valence-electron chi connectivity index (χ4n) is 1.56. The maximum Gasteiger partial charge on any atom is 0.260 e. The Morgan fingerprint density at radius 1 is 1.28 bits per heavy atom. The van der Waals surface area contributed by atoms with Crippen molar-refractivity contribution in [2.75, 3.05) is 5.73 Å². The van der Waals surface area contributed by atoms with Gasteiger partial charge < -0.3 is 10.3 Å². The van der Waals surface area contributed by atoms with Crippen molar-refractivity contribution < 1.29 is 13.3 Å². The molecule has 1 heterocycles. The molecule has 0 unspecified atom stereocenters. The van der Waals surface area contributed by atoms with E-state index in [1.54, 1.807) is 0 Å². The second-order valence-corrected chi connectivity index (χ2v) is 4.47. The Morgan fingerprint density at radius 2 is 1.94 bits per heavy atom. The Hall–Kier alpha value is -1.98. The van der Waals surface area contributed by atoms with E-state index in [4.69, 9.17) is 10.3 Å². The molecule has 4 nitrogen and oxygen atoms in total. The van der Waals surface area contributed by atoms with Crippen LogP contribution in [0.5, 0.6) is 0 Å². The SMILES string of the molecule is CC(C)Cc1noc(-c2cc(F)c(F)cc2N)n1. The van der Waals surface area contributed by atoms with Crippen LogP contribution in [0.2, 0.25) is 0 Å². The predicted molar refractivity (Wildman–Crippen MR) is 62.6 cm³/mol. The van der Waals surface area contributed by atoms with Crippen molar-refractivity contribution >= 4 is 5.69 Å². The number of hydrogen-bond donors (Lipinski definition) is 1. The van der Waals surface area contributed by atoms with Gasteiger partial charge in [-0.1, -0.05) is 19.0 Å². The zero-order chi connectivity index (χ0) is 13.3. The molecule has 0 spiro atoms. The van der Waals surface area contributed by atoms with Crippen LogP contribution in [0, 0.1) is 17.6 Å². The number of halogens is 2. The zero-order valence-electron chi connectivity index (χ0n) is 10.1. The van der Waals surface area contributed by atoms with Crippen molar-refractivity contribution in [3.63, 3.8) is 0 Å². The number of nitrogens with two attached hydrogens (primary N) is 1. The van der Waals surface area contributed by atoms with Crippen LogP contribution in [-0.4, -0.2) is 10.1 Å². The number of anilines is 1. The highest BCUT2D eigenvalue weighted by Gasteiger charge is 2.15. The van der Waals surface area contributed by atoms with Gasteiger partial charge in [-0.3, -0.25) is 0 Å². The summed E-state index contributed by atoms with van der Waals surface area (Å²) in [7, 11) is 0. The Kier molecular flexibility index (Phi) is 3.27. The van der Waals surface area contributed by atoms with Gasteiger partial charge in [-0.05, 0) is 12.0 Å². The number of nitrogens with zero attached hydrogens (tertiary/aromatic N) is 2. The molecule has 0 saturated carbocycles. The topological polar surface area (TPSA) is 64.9 Å². The Bertz CT molecular complexity index is 566. The first kappa shape index (κ1) is 12.5. The minimum Gasteiger partial charge on any atom is -0.398 e. The number of rotatable bonds is 3. The minimum absolute atomic E-state index is 0.0636. The summed E-state index contributed by atoms with van der Waals surface area (Å²) in [5.41, 5.74) is 5.87. The summed E-state index contributed by atoms with van der Waals surface area (Å²) in [6.07, 6.45) is 0.646. The van der Waals surface area contributed by atoms with Gasteiger partial charge in [0.25, 0.3) is 5.89 Å². The van der Waals surface area contributed by atoms with Gasteiger partial charge in [-0.15, -0.1) is 0 Å². The molecule has 0 amide bonds. The molecule has 0 bridgehead atoms. The number of nitrogen functional groups attached to an aromatic ring is 1. The molecule has 6 heteroatoms. The van der Waals surface area contributed by atoms with Crippen LogP contribution in [0.3, 0.4) is 0 Å². The molecule has 1 aromatic heterocycles. The summed E-state index contributed by atoms with van der Waals surface area (Å²) in [6, 6.07) is 1.86. The van der Waals surface area contributed by atoms with Gasteiger partial charge >= 0.3 is 0 Å². The second kappa shape index (κ2) is 4.72. The highest BCUT2D eigenvalue weighted by molar-refractivity contribution is 5.70. The molecule has 0 aliphatic carbocycles. The molecule has 2 aromatic rings. The number of benzene rings is 1. The Labute approximate surface area is 103 Å². The summed E-state index contributed by atoms with van der Waals surface area (Å²) < 4.78 is 31.1. The highest BCUT2D eigenvalue weighted by Crippen LogP contribution is 2.27. The molecule has 96 valence electrons. The maximum absolute atomic E-state index is 13.1. The normalized spacial score (nSPS) is 11.2. The molecular weight excluding hydrogens is 240 g/mol. The average molecular weight is 253 g/mol. The van der Waals surface area contributed by atoms with Crippen LogP contribution in [0.25, 0.3) is 11.5 Å². The molecule has 0 radical (unpaired) electrons. The van der Waals surface area contributed by atoms with Crippen molar-refractivity contribution in [2.24, 2.45) is 5.92 Å². The van der Waals surface area contributed by atoms with Crippen LogP contribution in [0.4, 0.5) is 14.5 Å².